The zero-order valence-electron chi connectivity index (χ0n) is 11.1. The van der Waals surface area contributed by atoms with Crippen molar-refractivity contribution in [1.82, 2.24) is 4.90 Å². The minimum atomic E-state index is -0.460. The summed E-state index contributed by atoms with van der Waals surface area (Å²) >= 11 is 3.25. The maximum absolute atomic E-state index is 13.3. The highest BCUT2D eigenvalue weighted by molar-refractivity contribution is 9.10. The number of carbonyl (C=O) groups excluding carboxylic acids is 2. The SMILES string of the molecule is COC(=O)[C@H]1CCCN(C(=O)c2cc(F)ccc2Br)C1. The second-order valence-corrected chi connectivity index (χ2v) is 5.59. The number of hydrogen-bond donors (Lipinski definition) is 0. The first-order valence-corrected chi connectivity index (χ1v) is 7.14. The fourth-order valence-electron chi connectivity index (χ4n) is 2.35. The number of likely N-dealkylation sites (tertiary alicyclic amines) is 1. The van der Waals surface area contributed by atoms with Crippen molar-refractivity contribution in [1.29, 1.82) is 0 Å². The predicted molar refractivity (Wildman–Crippen MR) is 74.7 cm³/mol. The molecule has 0 spiro atoms. The van der Waals surface area contributed by atoms with Crippen LogP contribution in [0.25, 0.3) is 0 Å². The first-order valence-electron chi connectivity index (χ1n) is 6.35. The molecule has 0 bridgehead atoms. The summed E-state index contributed by atoms with van der Waals surface area (Å²) in [6.07, 6.45) is 1.44. The summed E-state index contributed by atoms with van der Waals surface area (Å²) in [5.74, 6) is -1.34. The molecule has 1 atom stereocenters. The van der Waals surface area contributed by atoms with E-state index in [-0.39, 0.29) is 23.4 Å². The molecule has 1 aromatic carbocycles. The van der Waals surface area contributed by atoms with Gasteiger partial charge in [0.15, 0.2) is 0 Å². The van der Waals surface area contributed by atoms with E-state index in [2.05, 4.69) is 15.9 Å². The molecule has 1 fully saturated rings. The average molecular weight is 344 g/mol. The van der Waals surface area contributed by atoms with Crippen LogP contribution in [0.3, 0.4) is 0 Å². The number of benzene rings is 1. The van der Waals surface area contributed by atoms with E-state index >= 15 is 0 Å². The van der Waals surface area contributed by atoms with Gasteiger partial charge in [-0.1, -0.05) is 0 Å². The van der Waals surface area contributed by atoms with E-state index in [9.17, 15) is 14.0 Å². The zero-order chi connectivity index (χ0) is 14.7. The lowest BCUT2D eigenvalue weighted by atomic mass is 9.97. The van der Waals surface area contributed by atoms with E-state index in [4.69, 9.17) is 4.74 Å². The quantitative estimate of drug-likeness (QED) is 0.775. The van der Waals surface area contributed by atoms with Gasteiger partial charge in [-0.2, -0.15) is 0 Å². The van der Waals surface area contributed by atoms with Crippen LogP contribution in [-0.2, 0) is 9.53 Å². The average Bonchev–Trinajstić information content (AvgIpc) is 2.48. The minimum Gasteiger partial charge on any atom is -0.469 e. The van der Waals surface area contributed by atoms with Crippen LogP contribution < -0.4 is 0 Å². The van der Waals surface area contributed by atoms with Crippen molar-refractivity contribution in [3.05, 3.63) is 34.1 Å². The van der Waals surface area contributed by atoms with Crippen LogP contribution in [0.5, 0.6) is 0 Å². The van der Waals surface area contributed by atoms with Crippen LogP contribution in [0, 0.1) is 11.7 Å². The molecule has 1 aliphatic heterocycles. The molecule has 4 nitrogen and oxygen atoms in total. The molecule has 1 amide bonds. The third-order valence-corrected chi connectivity index (χ3v) is 4.09. The van der Waals surface area contributed by atoms with Crippen molar-refractivity contribution in [2.45, 2.75) is 12.8 Å². The first kappa shape index (κ1) is 15.0. The molecule has 1 aromatic rings. The van der Waals surface area contributed by atoms with Gasteiger partial charge in [-0.05, 0) is 47.0 Å². The van der Waals surface area contributed by atoms with Gasteiger partial charge in [-0.25, -0.2) is 4.39 Å². The van der Waals surface area contributed by atoms with Crippen molar-refractivity contribution >= 4 is 27.8 Å². The molecular formula is C14H15BrFNO3. The van der Waals surface area contributed by atoms with Gasteiger partial charge in [0.2, 0.25) is 0 Å². The fourth-order valence-corrected chi connectivity index (χ4v) is 2.77. The van der Waals surface area contributed by atoms with Crippen LogP contribution in [0.4, 0.5) is 4.39 Å². The number of esters is 1. The number of methoxy groups -OCH3 is 1. The molecule has 0 N–H and O–H groups in total. The minimum absolute atomic E-state index is 0.273. The Morgan fingerprint density at radius 2 is 2.20 bits per heavy atom. The van der Waals surface area contributed by atoms with E-state index in [0.29, 0.717) is 24.0 Å². The van der Waals surface area contributed by atoms with Gasteiger partial charge in [-0.3, -0.25) is 9.59 Å². The molecule has 0 aromatic heterocycles. The second-order valence-electron chi connectivity index (χ2n) is 4.74. The van der Waals surface area contributed by atoms with Crippen molar-refractivity contribution in [2.24, 2.45) is 5.92 Å². The summed E-state index contributed by atoms with van der Waals surface area (Å²) in [7, 11) is 1.34. The Hall–Kier alpha value is -1.43. The lowest BCUT2D eigenvalue weighted by Crippen LogP contribution is -2.42. The van der Waals surface area contributed by atoms with Crippen molar-refractivity contribution in [3.8, 4) is 0 Å². The number of nitrogens with zero attached hydrogens (tertiary/aromatic N) is 1. The molecule has 1 heterocycles. The van der Waals surface area contributed by atoms with E-state index < -0.39 is 5.82 Å². The summed E-state index contributed by atoms with van der Waals surface area (Å²) in [4.78, 5) is 25.5. The van der Waals surface area contributed by atoms with Gasteiger partial charge >= 0.3 is 5.97 Å². The summed E-state index contributed by atoms with van der Waals surface area (Å²) in [6.45, 7) is 0.879. The Bertz CT molecular complexity index is 535. The summed E-state index contributed by atoms with van der Waals surface area (Å²) < 4.78 is 18.5. The van der Waals surface area contributed by atoms with E-state index in [1.165, 1.54) is 25.3 Å². The molecule has 108 valence electrons. The van der Waals surface area contributed by atoms with Crippen LogP contribution in [-0.4, -0.2) is 37.0 Å². The van der Waals surface area contributed by atoms with Crippen LogP contribution in [0.2, 0.25) is 0 Å². The third kappa shape index (κ3) is 3.17. The Morgan fingerprint density at radius 1 is 1.45 bits per heavy atom. The van der Waals surface area contributed by atoms with Crippen molar-refractivity contribution in [3.63, 3.8) is 0 Å². The molecule has 2 rings (SSSR count). The lowest BCUT2D eigenvalue weighted by Gasteiger charge is -2.31. The lowest BCUT2D eigenvalue weighted by molar-refractivity contribution is -0.146. The highest BCUT2D eigenvalue weighted by atomic mass is 79.9. The Labute approximate surface area is 125 Å². The topological polar surface area (TPSA) is 46.6 Å². The Kier molecular flexibility index (Phi) is 4.75. The molecular weight excluding hydrogens is 329 g/mol. The van der Waals surface area contributed by atoms with Crippen LogP contribution in [0.15, 0.2) is 22.7 Å². The molecule has 0 unspecified atom stereocenters. The number of piperidine rings is 1. The number of rotatable bonds is 2. The molecule has 0 saturated carbocycles. The number of carbonyl (C=O) groups is 2. The molecule has 1 aliphatic rings. The first-order chi connectivity index (χ1) is 9.52. The predicted octanol–water partition coefficient (Wildman–Crippen LogP) is 2.61. The fraction of sp³-hybridized carbons (Fsp3) is 0.429. The maximum atomic E-state index is 13.3. The zero-order valence-corrected chi connectivity index (χ0v) is 12.7. The number of amides is 1. The van der Waals surface area contributed by atoms with Gasteiger partial charge in [-0.15, -0.1) is 0 Å². The molecule has 1 saturated heterocycles. The number of ether oxygens (including phenoxy) is 1. The molecule has 6 heteroatoms. The van der Waals surface area contributed by atoms with Crippen LogP contribution >= 0.6 is 15.9 Å². The Morgan fingerprint density at radius 3 is 2.90 bits per heavy atom. The van der Waals surface area contributed by atoms with E-state index in [1.54, 1.807) is 4.90 Å². The molecule has 0 radical (unpaired) electrons. The maximum Gasteiger partial charge on any atom is 0.310 e. The van der Waals surface area contributed by atoms with Crippen LogP contribution in [0.1, 0.15) is 23.2 Å². The largest absolute Gasteiger partial charge is 0.469 e. The number of halogens is 2. The normalized spacial score (nSPS) is 18.8. The third-order valence-electron chi connectivity index (χ3n) is 3.40. The van der Waals surface area contributed by atoms with Gasteiger partial charge in [0, 0.05) is 17.6 Å². The summed E-state index contributed by atoms with van der Waals surface area (Å²) in [5, 5.41) is 0. The monoisotopic (exact) mass is 343 g/mol. The highest BCUT2D eigenvalue weighted by Crippen LogP contribution is 2.24. The van der Waals surface area contributed by atoms with Crippen molar-refractivity contribution in [2.75, 3.05) is 20.2 Å². The summed E-state index contributed by atoms with van der Waals surface area (Å²) in [6, 6.07) is 3.99. The van der Waals surface area contributed by atoms with Crippen molar-refractivity contribution < 1.29 is 18.7 Å². The molecule has 0 aliphatic carbocycles. The second kappa shape index (κ2) is 6.35. The van der Waals surface area contributed by atoms with Gasteiger partial charge in [0.1, 0.15) is 5.82 Å². The standard InChI is InChI=1S/C14H15BrFNO3/c1-20-14(19)9-3-2-6-17(8-9)13(18)11-7-10(16)4-5-12(11)15/h4-5,7,9H,2-3,6,8H2,1H3/t9-/m0/s1. The highest BCUT2D eigenvalue weighted by Gasteiger charge is 2.30. The van der Waals surface area contributed by atoms with Gasteiger partial charge in [0.25, 0.3) is 5.91 Å². The number of hydrogen-bond acceptors (Lipinski definition) is 3. The Balaban J connectivity index is 2.16. The molecule has 20 heavy (non-hydrogen) atoms. The van der Waals surface area contributed by atoms with Gasteiger partial charge < -0.3 is 9.64 Å². The van der Waals surface area contributed by atoms with E-state index in [1.807, 2.05) is 0 Å². The smallest absolute Gasteiger partial charge is 0.310 e. The van der Waals surface area contributed by atoms with Gasteiger partial charge in [0.05, 0.1) is 18.6 Å². The summed E-state index contributed by atoms with van der Waals surface area (Å²) in [5.41, 5.74) is 0.274. The van der Waals surface area contributed by atoms with E-state index in [0.717, 1.165) is 6.42 Å².